The normalized spacial score (nSPS) is 18.3. The average Bonchev–Trinajstić information content (AvgIpc) is 3.59. The number of halogens is 3. The van der Waals surface area contributed by atoms with Crippen LogP contribution in [0.4, 0.5) is 19.1 Å². The van der Waals surface area contributed by atoms with Crippen molar-refractivity contribution in [3.63, 3.8) is 0 Å². The third-order valence-electron chi connectivity index (χ3n) is 6.78. The van der Waals surface area contributed by atoms with Crippen LogP contribution in [-0.2, 0) is 23.2 Å². The molecule has 12 nitrogen and oxygen atoms in total. The third-order valence-corrected chi connectivity index (χ3v) is 8.54. The van der Waals surface area contributed by atoms with E-state index >= 15 is 0 Å². The largest absolute Gasteiger partial charge is 0.420 e. The van der Waals surface area contributed by atoms with E-state index in [1.54, 1.807) is 30.7 Å². The molecule has 0 amide bonds. The summed E-state index contributed by atoms with van der Waals surface area (Å²) < 4.78 is 72.0. The number of piperidine rings is 1. The highest BCUT2D eigenvalue weighted by molar-refractivity contribution is 7.89. The van der Waals surface area contributed by atoms with Gasteiger partial charge in [0.1, 0.15) is 29.3 Å². The van der Waals surface area contributed by atoms with Gasteiger partial charge in [0.15, 0.2) is 10.7 Å². The number of nitrogens with zero attached hydrogens (tertiary/aromatic N) is 9. The summed E-state index contributed by atoms with van der Waals surface area (Å²) in [6.07, 6.45) is 1.80. The number of nitriles is 1. The van der Waals surface area contributed by atoms with Gasteiger partial charge >= 0.3 is 6.18 Å². The predicted octanol–water partition coefficient (Wildman–Crippen LogP) is 3.17. The van der Waals surface area contributed by atoms with Gasteiger partial charge in [-0.25, -0.2) is 33.3 Å². The number of hydrogen-bond acceptors (Lipinski definition) is 9. The zero-order chi connectivity index (χ0) is 29.5. The lowest BCUT2D eigenvalue weighted by atomic mass is 9.95. The molecule has 4 aromatic heterocycles. The first kappa shape index (κ1) is 28.2. The Bertz CT molecular complexity index is 1740. The summed E-state index contributed by atoms with van der Waals surface area (Å²) in [5.74, 6) is -0.260. The Balaban J connectivity index is 1.40. The molecule has 4 aromatic rings. The molecule has 0 aliphatic carbocycles. The van der Waals surface area contributed by atoms with Crippen LogP contribution in [0.1, 0.15) is 30.3 Å². The molecule has 0 aromatic carbocycles. The Kier molecular flexibility index (Phi) is 7.26. The molecule has 1 aliphatic heterocycles. The van der Waals surface area contributed by atoms with Crippen LogP contribution in [0.3, 0.4) is 0 Å². The molecular weight excluding hydrogens is 561 g/mol. The standard InChI is InChI=1S/C25H25F3N10O2S/c1-15-10-38(41(39,40)22-12-36(3)13-32-22)7-6-18(15)34-24-30-9-17(25(26,27)28)23(35-24)20-11-37(14-31-20)21-5-4-16(2)33-19(21)8-29/h4-5,9,11-15,18H,6-7,10H2,1-3H3,(H,30,34,35)/t15-,18+/m1/s1. The molecular formula is C25H25F3N10O2S. The first-order valence-electron chi connectivity index (χ1n) is 12.5. The summed E-state index contributed by atoms with van der Waals surface area (Å²) in [7, 11) is -2.10. The minimum atomic E-state index is -4.75. The molecule has 0 radical (unpaired) electrons. The molecule has 1 fully saturated rings. The van der Waals surface area contributed by atoms with Crippen LogP contribution in [0.2, 0.25) is 0 Å². The molecule has 0 bridgehead atoms. The fourth-order valence-corrected chi connectivity index (χ4v) is 6.15. The van der Waals surface area contributed by atoms with Crippen LogP contribution in [-0.4, -0.2) is 65.9 Å². The van der Waals surface area contributed by atoms with Crippen molar-refractivity contribution in [1.82, 2.24) is 38.4 Å². The molecule has 1 N–H and O–H groups in total. The van der Waals surface area contributed by atoms with Crippen molar-refractivity contribution in [3.05, 3.63) is 60.3 Å². The number of nitrogens with one attached hydrogen (secondary N) is 1. The van der Waals surface area contributed by atoms with Crippen molar-refractivity contribution >= 4 is 16.0 Å². The maximum absolute atomic E-state index is 13.9. The second-order valence-corrected chi connectivity index (χ2v) is 11.7. The van der Waals surface area contributed by atoms with Gasteiger partial charge in [0.25, 0.3) is 10.0 Å². The number of alkyl halides is 3. The minimum absolute atomic E-state index is 0.0444. The number of aromatic nitrogens is 7. The zero-order valence-electron chi connectivity index (χ0n) is 22.2. The number of pyridine rings is 1. The van der Waals surface area contributed by atoms with E-state index in [9.17, 15) is 26.9 Å². The van der Waals surface area contributed by atoms with Crippen LogP contribution in [0.5, 0.6) is 0 Å². The molecule has 214 valence electrons. The topological polar surface area (TPSA) is 148 Å². The van der Waals surface area contributed by atoms with Crippen molar-refractivity contribution in [2.75, 3.05) is 18.4 Å². The van der Waals surface area contributed by atoms with Gasteiger partial charge in [-0.05, 0) is 31.4 Å². The summed E-state index contributed by atoms with van der Waals surface area (Å²) in [4.78, 5) is 20.3. The van der Waals surface area contributed by atoms with Gasteiger partial charge in [0, 0.05) is 50.5 Å². The fraction of sp³-hybridized carbons (Fsp3) is 0.360. The summed E-state index contributed by atoms with van der Waals surface area (Å²) in [5, 5.41) is 12.5. The highest BCUT2D eigenvalue weighted by Gasteiger charge is 2.38. The Hall–Kier alpha value is -4.36. The molecule has 16 heteroatoms. The average molecular weight is 587 g/mol. The number of aryl methyl sites for hydroxylation is 2. The van der Waals surface area contributed by atoms with Crippen molar-refractivity contribution in [2.45, 2.75) is 37.5 Å². The number of imidazole rings is 2. The molecule has 5 heterocycles. The smallest absolute Gasteiger partial charge is 0.351 e. The van der Waals surface area contributed by atoms with Crippen molar-refractivity contribution < 1.29 is 21.6 Å². The van der Waals surface area contributed by atoms with Gasteiger partial charge in [-0.1, -0.05) is 6.92 Å². The van der Waals surface area contributed by atoms with Gasteiger partial charge in [0.2, 0.25) is 5.95 Å². The molecule has 2 atom stereocenters. The predicted molar refractivity (Wildman–Crippen MR) is 140 cm³/mol. The summed E-state index contributed by atoms with van der Waals surface area (Å²) in [6.45, 7) is 3.93. The van der Waals surface area contributed by atoms with E-state index in [1.165, 1.54) is 33.9 Å². The van der Waals surface area contributed by atoms with E-state index in [0.29, 0.717) is 24.0 Å². The number of hydrogen-bond donors (Lipinski definition) is 1. The Morgan fingerprint density at radius 3 is 2.56 bits per heavy atom. The summed E-state index contributed by atoms with van der Waals surface area (Å²) >= 11 is 0. The molecule has 1 saturated heterocycles. The van der Waals surface area contributed by atoms with E-state index in [4.69, 9.17) is 0 Å². The lowest BCUT2D eigenvalue weighted by Crippen LogP contribution is -2.47. The van der Waals surface area contributed by atoms with E-state index in [0.717, 1.165) is 0 Å². The van der Waals surface area contributed by atoms with E-state index < -0.39 is 27.5 Å². The second-order valence-electron chi connectivity index (χ2n) is 9.81. The molecule has 0 saturated carbocycles. The Morgan fingerprint density at radius 1 is 1.12 bits per heavy atom. The first-order valence-corrected chi connectivity index (χ1v) is 13.9. The van der Waals surface area contributed by atoms with Crippen molar-refractivity contribution in [1.29, 1.82) is 5.26 Å². The molecule has 1 aliphatic rings. The maximum Gasteiger partial charge on any atom is 0.420 e. The van der Waals surface area contributed by atoms with Crippen molar-refractivity contribution in [2.24, 2.45) is 13.0 Å². The van der Waals surface area contributed by atoms with Crippen LogP contribution in [0, 0.1) is 24.2 Å². The second kappa shape index (κ2) is 10.6. The highest BCUT2D eigenvalue weighted by Crippen LogP contribution is 2.36. The van der Waals surface area contributed by atoms with Crippen LogP contribution >= 0.6 is 0 Å². The molecule has 41 heavy (non-hydrogen) atoms. The lowest BCUT2D eigenvalue weighted by molar-refractivity contribution is -0.137. The van der Waals surface area contributed by atoms with Crippen LogP contribution in [0.15, 0.2) is 48.4 Å². The van der Waals surface area contributed by atoms with Crippen LogP contribution in [0.25, 0.3) is 17.1 Å². The minimum Gasteiger partial charge on any atom is -0.351 e. The SMILES string of the molecule is Cc1ccc(-n2cnc(-c3nc(N[C@H]4CCN(S(=O)(=O)c5cn(C)cn5)C[C@H]4C)ncc3C(F)(F)F)c2)c(C#N)n1. The molecule has 0 unspecified atom stereocenters. The number of rotatable bonds is 6. The number of anilines is 1. The summed E-state index contributed by atoms with van der Waals surface area (Å²) in [5.41, 5.74) is -0.503. The van der Waals surface area contributed by atoms with Gasteiger partial charge in [-0.2, -0.15) is 22.7 Å². The monoisotopic (exact) mass is 586 g/mol. The van der Waals surface area contributed by atoms with Crippen LogP contribution < -0.4 is 5.32 Å². The lowest BCUT2D eigenvalue weighted by Gasteiger charge is -2.36. The fourth-order valence-electron chi connectivity index (χ4n) is 4.63. The number of sulfonamides is 1. The van der Waals surface area contributed by atoms with E-state index in [2.05, 4.69) is 30.2 Å². The van der Waals surface area contributed by atoms with E-state index in [1.807, 2.05) is 13.0 Å². The molecule has 5 rings (SSSR count). The van der Waals surface area contributed by atoms with Gasteiger partial charge < -0.3 is 14.5 Å². The quantitative estimate of drug-likeness (QED) is 0.360. The van der Waals surface area contributed by atoms with Gasteiger partial charge in [-0.15, -0.1) is 0 Å². The van der Waals surface area contributed by atoms with E-state index in [-0.39, 0.29) is 47.4 Å². The Morgan fingerprint density at radius 2 is 1.90 bits per heavy atom. The first-order chi connectivity index (χ1) is 19.4. The highest BCUT2D eigenvalue weighted by atomic mass is 32.2. The van der Waals surface area contributed by atoms with Gasteiger partial charge in [0.05, 0.1) is 12.0 Å². The molecule has 0 spiro atoms. The van der Waals surface area contributed by atoms with Gasteiger partial charge in [-0.3, -0.25) is 0 Å². The Labute approximate surface area is 233 Å². The summed E-state index contributed by atoms with van der Waals surface area (Å²) in [6, 6.07) is 4.99. The maximum atomic E-state index is 13.9. The third kappa shape index (κ3) is 5.63. The zero-order valence-corrected chi connectivity index (χ0v) is 23.0. The van der Waals surface area contributed by atoms with Crippen molar-refractivity contribution in [3.8, 4) is 23.1 Å².